The summed E-state index contributed by atoms with van der Waals surface area (Å²) >= 11 is 4.94. The summed E-state index contributed by atoms with van der Waals surface area (Å²) < 4.78 is 19.6. The molecule has 3 aliphatic rings. The third kappa shape index (κ3) is 2.73. The Morgan fingerprint density at radius 2 is 2.00 bits per heavy atom. The van der Waals surface area contributed by atoms with Crippen molar-refractivity contribution in [3.05, 3.63) is 58.6 Å². The van der Waals surface area contributed by atoms with Crippen molar-refractivity contribution < 1.29 is 18.7 Å². The highest BCUT2D eigenvalue weighted by molar-refractivity contribution is 9.09. The number of halogens is 2. The van der Waals surface area contributed by atoms with E-state index in [1.165, 1.54) is 28.4 Å². The molecule has 0 radical (unpaired) electrons. The van der Waals surface area contributed by atoms with Crippen LogP contribution in [0.5, 0.6) is 0 Å². The fourth-order valence-electron chi connectivity index (χ4n) is 4.31. The number of aromatic nitrogens is 1. The van der Waals surface area contributed by atoms with Gasteiger partial charge in [0.15, 0.2) is 16.7 Å². The standard InChI is InChI=1S/C20H16BrFN2O3S/c21-11-3-6-14-13(9-11)17(25)15-16(10-1-4-12(22)5-2-10)24(19(26)18(15)27-14)20-23-7-8-28-20/h1-2,4-5,7-8,11,13-14,16H,3,6,9H2. The maximum Gasteiger partial charge on any atom is 0.296 e. The van der Waals surface area contributed by atoms with Crippen LogP contribution in [0.4, 0.5) is 9.52 Å². The minimum Gasteiger partial charge on any atom is -0.483 e. The van der Waals surface area contributed by atoms with Gasteiger partial charge in [-0.3, -0.25) is 14.5 Å². The fourth-order valence-corrected chi connectivity index (χ4v) is 5.64. The molecule has 2 aliphatic heterocycles. The number of hydrogen-bond donors (Lipinski definition) is 0. The van der Waals surface area contributed by atoms with E-state index in [4.69, 9.17) is 4.74 Å². The van der Waals surface area contributed by atoms with E-state index >= 15 is 0 Å². The zero-order valence-electron chi connectivity index (χ0n) is 14.7. The van der Waals surface area contributed by atoms with Crippen molar-refractivity contribution in [2.75, 3.05) is 4.90 Å². The van der Waals surface area contributed by atoms with Crippen molar-refractivity contribution >= 4 is 44.1 Å². The monoisotopic (exact) mass is 462 g/mol. The molecule has 5 rings (SSSR count). The van der Waals surface area contributed by atoms with Crippen LogP contribution in [-0.2, 0) is 14.3 Å². The van der Waals surface area contributed by atoms with E-state index in [9.17, 15) is 14.0 Å². The lowest BCUT2D eigenvalue weighted by molar-refractivity contribution is -0.131. The smallest absolute Gasteiger partial charge is 0.296 e. The summed E-state index contributed by atoms with van der Waals surface area (Å²) in [6.07, 6.45) is 3.66. The predicted octanol–water partition coefficient (Wildman–Crippen LogP) is 4.16. The molecule has 8 heteroatoms. The molecule has 144 valence electrons. The number of rotatable bonds is 2. The predicted molar refractivity (Wildman–Crippen MR) is 106 cm³/mol. The number of alkyl halides is 1. The zero-order chi connectivity index (χ0) is 19.4. The minimum atomic E-state index is -0.654. The van der Waals surface area contributed by atoms with Gasteiger partial charge >= 0.3 is 0 Å². The number of anilines is 1. The molecule has 1 aromatic heterocycles. The summed E-state index contributed by atoms with van der Waals surface area (Å²) in [5, 5.41) is 2.27. The van der Waals surface area contributed by atoms with Gasteiger partial charge in [-0.1, -0.05) is 28.1 Å². The molecule has 1 amide bonds. The number of amides is 1. The van der Waals surface area contributed by atoms with Crippen LogP contribution in [0.2, 0.25) is 0 Å². The Labute approximate surface area is 173 Å². The molecular formula is C20H16BrFN2O3S. The molecule has 1 aromatic carbocycles. The van der Waals surface area contributed by atoms with Crippen molar-refractivity contribution in [3.63, 3.8) is 0 Å². The maximum absolute atomic E-state index is 13.5. The van der Waals surface area contributed by atoms with Gasteiger partial charge in [-0.05, 0) is 37.0 Å². The molecule has 0 bridgehead atoms. The first-order valence-corrected chi connectivity index (χ1v) is 10.9. The molecule has 0 N–H and O–H groups in total. The molecule has 2 aromatic rings. The van der Waals surface area contributed by atoms with Gasteiger partial charge < -0.3 is 4.74 Å². The second-order valence-electron chi connectivity index (χ2n) is 7.22. The van der Waals surface area contributed by atoms with E-state index in [0.29, 0.717) is 22.7 Å². The van der Waals surface area contributed by atoms with E-state index in [1.54, 1.807) is 23.7 Å². The lowest BCUT2D eigenvalue weighted by Gasteiger charge is -2.37. The van der Waals surface area contributed by atoms with E-state index < -0.39 is 6.04 Å². The number of ketones is 1. The number of benzene rings is 1. The highest BCUT2D eigenvalue weighted by Crippen LogP contribution is 2.49. The largest absolute Gasteiger partial charge is 0.483 e. The van der Waals surface area contributed by atoms with Gasteiger partial charge in [0.1, 0.15) is 11.9 Å². The molecule has 1 saturated carbocycles. The van der Waals surface area contributed by atoms with Gasteiger partial charge in [0, 0.05) is 16.4 Å². The number of fused-ring (bicyclic) bond motifs is 1. The van der Waals surface area contributed by atoms with Crippen molar-refractivity contribution in [2.24, 2.45) is 5.92 Å². The number of Topliss-reactive ketones (excluding diaryl/α,β-unsaturated/α-hetero) is 1. The number of nitrogens with zero attached hydrogens (tertiary/aromatic N) is 2. The number of thiazole rings is 1. The first-order chi connectivity index (χ1) is 13.5. The Balaban J connectivity index is 1.64. The number of hydrogen-bond acceptors (Lipinski definition) is 5. The van der Waals surface area contributed by atoms with E-state index in [2.05, 4.69) is 20.9 Å². The van der Waals surface area contributed by atoms with Crippen LogP contribution < -0.4 is 4.90 Å². The number of ether oxygens (including phenoxy) is 1. The van der Waals surface area contributed by atoms with E-state index in [-0.39, 0.29) is 40.1 Å². The zero-order valence-corrected chi connectivity index (χ0v) is 17.1. The second-order valence-corrected chi connectivity index (χ2v) is 9.39. The summed E-state index contributed by atoms with van der Waals surface area (Å²) in [5.74, 6) is -0.916. The quantitative estimate of drug-likeness (QED) is 0.628. The summed E-state index contributed by atoms with van der Waals surface area (Å²) in [5.41, 5.74) is 1.03. The van der Waals surface area contributed by atoms with Crippen molar-refractivity contribution in [1.29, 1.82) is 0 Å². The van der Waals surface area contributed by atoms with Crippen LogP contribution in [0.25, 0.3) is 0 Å². The molecule has 5 nitrogen and oxygen atoms in total. The number of carbonyl (C=O) groups excluding carboxylic acids is 2. The van der Waals surface area contributed by atoms with Gasteiger partial charge in [-0.25, -0.2) is 9.37 Å². The summed E-state index contributed by atoms with van der Waals surface area (Å²) in [6.45, 7) is 0. The van der Waals surface area contributed by atoms with Gasteiger partial charge in [-0.2, -0.15) is 0 Å². The van der Waals surface area contributed by atoms with E-state index in [0.717, 1.165) is 12.8 Å². The van der Waals surface area contributed by atoms with Crippen molar-refractivity contribution in [1.82, 2.24) is 4.98 Å². The Kier molecular flexibility index (Phi) is 4.35. The van der Waals surface area contributed by atoms with Crippen molar-refractivity contribution in [3.8, 4) is 0 Å². The SMILES string of the molecule is O=C1C2=C(OC3CCC(Br)CC13)C(=O)N(c1nccs1)C2c1ccc(F)cc1. The van der Waals surface area contributed by atoms with Gasteiger partial charge in [0.2, 0.25) is 0 Å². The van der Waals surface area contributed by atoms with E-state index in [1.807, 2.05) is 0 Å². The Hall–Kier alpha value is -2.06. The average Bonchev–Trinajstić information content (AvgIpc) is 3.30. The van der Waals surface area contributed by atoms with Gasteiger partial charge in [0.25, 0.3) is 5.91 Å². The van der Waals surface area contributed by atoms with Gasteiger partial charge in [-0.15, -0.1) is 11.3 Å². The highest BCUT2D eigenvalue weighted by atomic mass is 79.9. The van der Waals surface area contributed by atoms with Crippen LogP contribution >= 0.6 is 27.3 Å². The molecule has 0 saturated heterocycles. The summed E-state index contributed by atoms with van der Waals surface area (Å²) in [7, 11) is 0. The fraction of sp³-hybridized carbons (Fsp3) is 0.350. The van der Waals surface area contributed by atoms with Gasteiger partial charge in [0.05, 0.1) is 17.5 Å². The number of carbonyl (C=O) groups is 2. The third-order valence-electron chi connectivity index (χ3n) is 5.59. The first-order valence-electron chi connectivity index (χ1n) is 9.12. The van der Waals surface area contributed by atoms with Crippen LogP contribution in [0.3, 0.4) is 0 Å². The molecular weight excluding hydrogens is 447 g/mol. The van der Waals surface area contributed by atoms with Crippen LogP contribution in [0.15, 0.2) is 47.2 Å². The topological polar surface area (TPSA) is 59.5 Å². The molecule has 4 atom stereocenters. The molecule has 0 spiro atoms. The molecule has 3 heterocycles. The first kappa shape index (κ1) is 18.0. The molecule has 1 aliphatic carbocycles. The lowest BCUT2D eigenvalue weighted by atomic mass is 9.77. The summed E-state index contributed by atoms with van der Waals surface area (Å²) in [4.78, 5) is 32.8. The van der Waals surface area contributed by atoms with Crippen LogP contribution in [0.1, 0.15) is 30.9 Å². The highest BCUT2D eigenvalue weighted by Gasteiger charge is 2.53. The molecule has 4 unspecified atom stereocenters. The van der Waals surface area contributed by atoms with Crippen LogP contribution in [-0.4, -0.2) is 27.6 Å². The maximum atomic E-state index is 13.5. The molecule has 1 fully saturated rings. The summed E-state index contributed by atoms with van der Waals surface area (Å²) in [6, 6.07) is 5.24. The van der Waals surface area contributed by atoms with Crippen molar-refractivity contribution in [2.45, 2.75) is 36.2 Å². The average molecular weight is 463 g/mol. The normalized spacial score (nSPS) is 29.6. The Morgan fingerprint density at radius 1 is 1.21 bits per heavy atom. The third-order valence-corrected chi connectivity index (χ3v) is 7.20. The lowest BCUT2D eigenvalue weighted by Crippen LogP contribution is -2.41. The second kappa shape index (κ2) is 6.77. The molecule has 28 heavy (non-hydrogen) atoms. The minimum absolute atomic E-state index is 0.0443. The van der Waals surface area contributed by atoms with Crippen LogP contribution in [0, 0.1) is 11.7 Å². The Bertz CT molecular complexity index is 976. The Morgan fingerprint density at radius 3 is 2.71 bits per heavy atom.